The van der Waals surface area contributed by atoms with Gasteiger partial charge in [-0.3, -0.25) is 14.2 Å². The molecule has 2 heterocycles. The van der Waals surface area contributed by atoms with E-state index in [0.29, 0.717) is 30.5 Å². The SMILES string of the molecule is C=C(C)CN(CC)C(=O)COC(=O)c1ccc2c(=O)n3c(nc2c1)CCC3. The summed E-state index contributed by atoms with van der Waals surface area (Å²) >= 11 is 0. The van der Waals surface area contributed by atoms with Gasteiger partial charge in [-0.1, -0.05) is 12.2 Å². The molecule has 0 bridgehead atoms. The van der Waals surface area contributed by atoms with Crippen LogP contribution in [0, 0.1) is 0 Å². The lowest BCUT2D eigenvalue weighted by Gasteiger charge is -2.20. The fourth-order valence-corrected chi connectivity index (χ4v) is 3.21. The molecular weight excluding hydrogens is 346 g/mol. The van der Waals surface area contributed by atoms with Crippen LogP contribution in [0.3, 0.4) is 0 Å². The van der Waals surface area contributed by atoms with Gasteiger partial charge in [-0.2, -0.15) is 0 Å². The summed E-state index contributed by atoms with van der Waals surface area (Å²) in [6.07, 6.45) is 1.65. The Morgan fingerprint density at radius 3 is 2.85 bits per heavy atom. The largest absolute Gasteiger partial charge is 0.452 e. The molecule has 0 saturated carbocycles. The Kier molecular flexibility index (Phi) is 5.39. The standard InChI is InChI=1S/C20H23N3O4/c1-4-22(11-13(2)3)18(24)12-27-20(26)14-7-8-15-16(10-14)21-17-6-5-9-23(17)19(15)25/h7-8,10H,2,4-6,9,11-12H2,1,3H3. The molecule has 7 nitrogen and oxygen atoms in total. The van der Waals surface area contributed by atoms with Crippen LogP contribution in [0.5, 0.6) is 0 Å². The number of fused-ring (bicyclic) bond motifs is 2. The van der Waals surface area contributed by atoms with Crippen LogP contribution in [0.4, 0.5) is 0 Å². The number of carbonyl (C=O) groups excluding carboxylic acids is 2. The zero-order valence-corrected chi connectivity index (χ0v) is 15.7. The summed E-state index contributed by atoms with van der Waals surface area (Å²) in [6.45, 7) is 8.78. The van der Waals surface area contributed by atoms with Gasteiger partial charge in [0.05, 0.1) is 16.5 Å². The van der Waals surface area contributed by atoms with Crippen LogP contribution in [-0.2, 0) is 22.5 Å². The summed E-state index contributed by atoms with van der Waals surface area (Å²) < 4.78 is 6.84. The topological polar surface area (TPSA) is 81.5 Å². The summed E-state index contributed by atoms with van der Waals surface area (Å²) in [6, 6.07) is 4.67. The molecule has 1 aliphatic rings. The number of benzene rings is 1. The van der Waals surface area contributed by atoms with E-state index in [-0.39, 0.29) is 23.6 Å². The first-order valence-electron chi connectivity index (χ1n) is 9.03. The molecule has 1 aromatic carbocycles. The van der Waals surface area contributed by atoms with Crippen LogP contribution < -0.4 is 5.56 Å². The first-order valence-corrected chi connectivity index (χ1v) is 9.03. The van der Waals surface area contributed by atoms with Crippen molar-refractivity contribution in [1.29, 1.82) is 0 Å². The molecule has 1 aliphatic heterocycles. The van der Waals surface area contributed by atoms with E-state index >= 15 is 0 Å². The number of amides is 1. The summed E-state index contributed by atoms with van der Waals surface area (Å²) in [5, 5.41) is 0.479. The quantitative estimate of drug-likeness (QED) is 0.574. The Bertz CT molecular complexity index is 977. The summed E-state index contributed by atoms with van der Waals surface area (Å²) in [5.41, 5.74) is 1.52. The first-order chi connectivity index (χ1) is 12.9. The van der Waals surface area contributed by atoms with E-state index in [1.807, 2.05) is 13.8 Å². The van der Waals surface area contributed by atoms with Crippen LogP contribution in [0.1, 0.15) is 36.5 Å². The third-order valence-electron chi connectivity index (χ3n) is 4.57. The van der Waals surface area contributed by atoms with E-state index in [1.165, 1.54) is 6.07 Å². The Morgan fingerprint density at radius 2 is 2.15 bits per heavy atom. The number of aryl methyl sites for hydroxylation is 1. The van der Waals surface area contributed by atoms with Crippen molar-refractivity contribution in [3.63, 3.8) is 0 Å². The molecule has 0 saturated heterocycles. The third-order valence-corrected chi connectivity index (χ3v) is 4.57. The minimum atomic E-state index is -0.612. The third kappa shape index (κ3) is 3.92. The van der Waals surface area contributed by atoms with Crippen molar-refractivity contribution in [2.24, 2.45) is 0 Å². The fourth-order valence-electron chi connectivity index (χ4n) is 3.21. The van der Waals surface area contributed by atoms with Crippen molar-refractivity contribution < 1.29 is 14.3 Å². The second kappa shape index (κ2) is 7.73. The van der Waals surface area contributed by atoms with Crippen LogP contribution in [0.25, 0.3) is 10.9 Å². The molecule has 2 aromatic rings. The smallest absolute Gasteiger partial charge is 0.338 e. The number of hydrogen-bond donors (Lipinski definition) is 0. The van der Waals surface area contributed by atoms with Gasteiger partial charge in [-0.25, -0.2) is 9.78 Å². The average molecular weight is 369 g/mol. The monoisotopic (exact) mass is 369 g/mol. The molecule has 3 rings (SSSR count). The van der Waals surface area contributed by atoms with Crippen molar-refractivity contribution in [3.05, 3.63) is 52.1 Å². The molecule has 27 heavy (non-hydrogen) atoms. The molecular formula is C20H23N3O4. The maximum Gasteiger partial charge on any atom is 0.338 e. The van der Waals surface area contributed by atoms with E-state index in [1.54, 1.807) is 21.6 Å². The van der Waals surface area contributed by atoms with E-state index in [4.69, 9.17) is 4.74 Å². The van der Waals surface area contributed by atoms with Gasteiger partial charge in [0.15, 0.2) is 6.61 Å². The molecule has 142 valence electrons. The van der Waals surface area contributed by atoms with Crippen LogP contribution in [-0.4, -0.2) is 46.0 Å². The van der Waals surface area contributed by atoms with Gasteiger partial charge in [0.25, 0.3) is 11.5 Å². The Balaban J connectivity index is 1.74. The summed E-state index contributed by atoms with van der Waals surface area (Å²) in [4.78, 5) is 43.0. The lowest BCUT2D eigenvalue weighted by Crippen LogP contribution is -2.35. The molecule has 0 aliphatic carbocycles. The lowest BCUT2D eigenvalue weighted by molar-refractivity contribution is -0.133. The van der Waals surface area contributed by atoms with Gasteiger partial charge in [-0.05, 0) is 38.5 Å². The molecule has 0 fully saturated rings. The van der Waals surface area contributed by atoms with Gasteiger partial charge in [0.2, 0.25) is 0 Å². The average Bonchev–Trinajstić information content (AvgIpc) is 3.12. The highest BCUT2D eigenvalue weighted by molar-refractivity contribution is 5.95. The lowest BCUT2D eigenvalue weighted by atomic mass is 10.1. The molecule has 1 amide bonds. The minimum Gasteiger partial charge on any atom is -0.452 e. The van der Waals surface area contributed by atoms with Crippen LogP contribution in [0.15, 0.2) is 35.1 Å². The predicted octanol–water partition coefficient (Wildman–Crippen LogP) is 1.92. The number of aromatic nitrogens is 2. The van der Waals surface area contributed by atoms with Crippen molar-refractivity contribution in [1.82, 2.24) is 14.5 Å². The molecule has 0 N–H and O–H groups in total. The molecule has 0 atom stereocenters. The molecule has 0 unspecified atom stereocenters. The number of esters is 1. The van der Waals surface area contributed by atoms with Gasteiger partial charge >= 0.3 is 5.97 Å². The van der Waals surface area contributed by atoms with Gasteiger partial charge in [0.1, 0.15) is 5.82 Å². The second-order valence-electron chi connectivity index (χ2n) is 6.76. The molecule has 0 spiro atoms. The number of rotatable bonds is 6. The second-order valence-corrected chi connectivity index (χ2v) is 6.76. The highest BCUT2D eigenvalue weighted by Gasteiger charge is 2.19. The summed E-state index contributed by atoms with van der Waals surface area (Å²) in [5.74, 6) is -0.144. The Labute approximate surface area is 157 Å². The van der Waals surface area contributed by atoms with E-state index in [2.05, 4.69) is 11.6 Å². The first kappa shape index (κ1) is 18.8. The number of nitrogens with zero attached hydrogens (tertiary/aromatic N) is 3. The van der Waals surface area contributed by atoms with Crippen LogP contribution in [0.2, 0.25) is 0 Å². The maximum absolute atomic E-state index is 12.5. The van der Waals surface area contributed by atoms with E-state index in [9.17, 15) is 14.4 Å². The number of hydrogen-bond acceptors (Lipinski definition) is 5. The highest BCUT2D eigenvalue weighted by Crippen LogP contribution is 2.16. The number of likely N-dealkylation sites (N-methyl/N-ethyl adjacent to an activating group) is 1. The van der Waals surface area contributed by atoms with Gasteiger partial charge in [-0.15, -0.1) is 0 Å². The van der Waals surface area contributed by atoms with Gasteiger partial charge < -0.3 is 9.64 Å². The van der Waals surface area contributed by atoms with Crippen molar-refractivity contribution >= 4 is 22.8 Å². The molecule has 7 heteroatoms. The highest BCUT2D eigenvalue weighted by atomic mass is 16.5. The maximum atomic E-state index is 12.5. The minimum absolute atomic E-state index is 0.0824. The van der Waals surface area contributed by atoms with E-state index in [0.717, 1.165) is 24.2 Å². The number of ether oxygens (including phenoxy) is 1. The normalized spacial score (nSPS) is 12.7. The number of carbonyl (C=O) groups is 2. The zero-order chi connectivity index (χ0) is 19.6. The van der Waals surface area contributed by atoms with Crippen molar-refractivity contribution in [2.45, 2.75) is 33.2 Å². The Hall–Kier alpha value is -2.96. The van der Waals surface area contributed by atoms with Crippen molar-refractivity contribution in [3.8, 4) is 0 Å². The fraction of sp³-hybridized carbons (Fsp3) is 0.400. The predicted molar refractivity (Wildman–Crippen MR) is 102 cm³/mol. The molecule has 1 aromatic heterocycles. The van der Waals surface area contributed by atoms with E-state index < -0.39 is 5.97 Å². The van der Waals surface area contributed by atoms with Crippen molar-refractivity contribution in [2.75, 3.05) is 19.7 Å². The van der Waals surface area contributed by atoms with Crippen LogP contribution >= 0.6 is 0 Å². The zero-order valence-electron chi connectivity index (χ0n) is 15.7. The Morgan fingerprint density at radius 1 is 1.37 bits per heavy atom. The van der Waals surface area contributed by atoms with Gasteiger partial charge in [0, 0.05) is 26.1 Å². The molecule has 0 radical (unpaired) electrons. The summed E-state index contributed by atoms with van der Waals surface area (Å²) in [7, 11) is 0.